The molecule has 0 fully saturated rings. The van der Waals surface area contributed by atoms with Crippen molar-refractivity contribution >= 4 is 75.0 Å². The highest BCUT2D eigenvalue weighted by atomic mass is 32.1. The van der Waals surface area contributed by atoms with Gasteiger partial charge in [0.05, 0.1) is 16.7 Å². The second-order valence-corrected chi connectivity index (χ2v) is 11.1. The second kappa shape index (κ2) is 8.18. The maximum atomic E-state index is 5.31. The fourth-order valence-electron chi connectivity index (χ4n) is 6.19. The molecular formula is C35H20N4S. The first-order valence-corrected chi connectivity index (χ1v) is 14.1. The lowest BCUT2D eigenvalue weighted by molar-refractivity contribution is 1.02. The molecule has 0 amide bonds. The van der Waals surface area contributed by atoms with E-state index in [9.17, 15) is 0 Å². The number of hydrogen-bond donors (Lipinski definition) is 0. The molecule has 4 heterocycles. The molecule has 0 bridgehead atoms. The third kappa shape index (κ3) is 2.98. The van der Waals surface area contributed by atoms with Gasteiger partial charge in [-0.05, 0) is 51.9 Å². The Balaban J connectivity index is 1.49. The van der Waals surface area contributed by atoms with Crippen molar-refractivity contribution < 1.29 is 0 Å². The third-order valence-corrected chi connectivity index (χ3v) is 8.97. The van der Waals surface area contributed by atoms with E-state index in [1.165, 1.54) is 42.4 Å². The Kier molecular flexibility index (Phi) is 4.45. The molecule has 0 unspecified atom stereocenters. The summed E-state index contributed by atoms with van der Waals surface area (Å²) in [5.74, 6) is 0.670. The van der Waals surface area contributed by atoms with Gasteiger partial charge >= 0.3 is 0 Å². The van der Waals surface area contributed by atoms with Crippen LogP contribution in [0.25, 0.3) is 80.9 Å². The molecule has 4 aromatic heterocycles. The van der Waals surface area contributed by atoms with Crippen LogP contribution in [0.2, 0.25) is 0 Å². The van der Waals surface area contributed by atoms with E-state index >= 15 is 0 Å². The standard InChI is InChI=1S/C35H20N4S/c1-3-11-24-21(8-1)15-17-27-30(24)31-25-12-4-2-9-22(25)16-18-28(31)39(27)35-37-33(23-10-7-19-36-20-23)32-26-13-5-6-14-29(26)40-34(32)38-35/h1-20H. The fourth-order valence-corrected chi connectivity index (χ4v) is 7.26. The predicted molar refractivity (Wildman–Crippen MR) is 168 cm³/mol. The molecule has 0 aliphatic heterocycles. The van der Waals surface area contributed by atoms with Crippen LogP contribution < -0.4 is 0 Å². The summed E-state index contributed by atoms with van der Waals surface area (Å²) in [6.45, 7) is 0. The summed E-state index contributed by atoms with van der Waals surface area (Å²) in [7, 11) is 0. The molecule has 186 valence electrons. The smallest absolute Gasteiger partial charge is 0.236 e. The van der Waals surface area contributed by atoms with Crippen LogP contribution in [0.15, 0.2) is 122 Å². The minimum absolute atomic E-state index is 0.670. The lowest BCUT2D eigenvalue weighted by Crippen LogP contribution is -2.02. The van der Waals surface area contributed by atoms with E-state index in [1.807, 2.05) is 12.3 Å². The highest BCUT2D eigenvalue weighted by molar-refractivity contribution is 7.25. The predicted octanol–water partition coefficient (Wildman–Crippen LogP) is 9.31. The quantitative estimate of drug-likeness (QED) is 0.225. The molecule has 0 spiro atoms. The van der Waals surface area contributed by atoms with Gasteiger partial charge in [-0.25, -0.2) is 9.97 Å². The maximum Gasteiger partial charge on any atom is 0.236 e. The van der Waals surface area contributed by atoms with Gasteiger partial charge in [-0.1, -0.05) is 78.9 Å². The van der Waals surface area contributed by atoms with Crippen molar-refractivity contribution in [3.05, 3.63) is 122 Å². The molecule has 0 aliphatic rings. The van der Waals surface area contributed by atoms with Gasteiger partial charge in [-0.3, -0.25) is 9.55 Å². The third-order valence-electron chi connectivity index (χ3n) is 7.91. The zero-order chi connectivity index (χ0) is 26.2. The van der Waals surface area contributed by atoms with Crippen LogP contribution in [0.4, 0.5) is 0 Å². The van der Waals surface area contributed by atoms with E-state index in [2.05, 4.69) is 113 Å². The summed E-state index contributed by atoms with van der Waals surface area (Å²) in [4.78, 5) is 16.0. The van der Waals surface area contributed by atoms with Crippen molar-refractivity contribution in [2.75, 3.05) is 0 Å². The first-order chi connectivity index (χ1) is 19.8. The molecule has 0 radical (unpaired) electrons. The van der Waals surface area contributed by atoms with Gasteiger partial charge in [-0.15, -0.1) is 11.3 Å². The summed E-state index contributed by atoms with van der Waals surface area (Å²) >= 11 is 1.71. The van der Waals surface area contributed by atoms with Gasteiger partial charge in [0.1, 0.15) is 4.83 Å². The van der Waals surface area contributed by atoms with Crippen LogP contribution in [0.5, 0.6) is 0 Å². The van der Waals surface area contributed by atoms with Crippen molar-refractivity contribution in [3.63, 3.8) is 0 Å². The zero-order valence-corrected chi connectivity index (χ0v) is 22.1. The molecule has 5 aromatic carbocycles. The lowest BCUT2D eigenvalue weighted by atomic mass is 10.00. The summed E-state index contributed by atoms with van der Waals surface area (Å²) in [6, 6.07) is 38.6. The van der Waals surface area contributed by atoms with Crippen LogP contribution in [-0.2, 0) is 0 Å². The van der Waals surface area contributed by atoms with E-state index in [1.54, 1.807) is 17.5 Å². The Hall–Kier alpha value is -5.13. The Morgan fingerprint density at radius 3 is 1.88 bits per heavy atom. The maximum absolute atomic E-state index is 5.31. The highest BCUT2D eigenvalue weighted by Gasteiger charge is 2.21. The summed E-state index contributed by atoms with van der Waals surface area (Å²) in [5, 5.41) is 9.62. The zero-order valence-electron chi connectivity index (χ0n) is 21.2. The normalized spacial score (nSPS) is 12.0. The number of thiophene rings is 1. The lowest BCUT2D eigenvalue weighted by Gasteiger charge is -2.10. The molecule has 0 saturated carbocycles. The SMILES string of the molecule is c1cncc(-c2nc(-n3c4ccc5ccccc5c4c4c5ccccc5ccc43)nc3sc4ccccc4c23)c1. The summed E-state index contributed by atoms with van der Waals surface area (Å²) < 4.78 is 3.45. The van der Waals surface area contributed by atoms with Crippen LogP contribution >= 0.6 is 11.3 Å². The summed E-state index contributed by atoms with van der Waals surface area (Å²) in [5.41, 5.74) is 4.09. The Bertz CT molecular complexity index is 2340. The highest BCUT2D eigenvalue weighted by Crippen LogP contribution is 2.42. The monoisotopic (exact) mass is 528 g/mol. The van der Waals surface area contributed by atoms with E-state index in [0.717, 1.165) is 32.5 Å². The molecule has 9 aromatic rings. The largest absolute Gasteiger partial charge is 0.278 e. The van der Waals surface area contributed by atoms with Crippen LogP contribution in [0.1, 0.15) is 0 Å². The minimum atomic E-state index is 0.670. The first-order valence-electron chi connectivity index (χ1n) is 13.3. The number of nitrogens with zero attached hydrogens (tertiary/aromatic N) is 4. The molecule has 40 heavy (non-hydrogen) atoms. The summed E-state index contributed by atoms with van der Waals surface area (Å²) in [6.07, 6.45) is 3.70. The van der Waals surface area contributed by atoms with Crippen LogP contribution in [-0.4, -0.2) is 19.5 Å². The molecule has 4 nitrogen and oxygen atoms in total. The minimum Gasteiger partial charge on any atom is -0.278 e. The van der Waals surface area contributed by atoms with Crippen LogP contribution in [0, 0.1) is 0 Å². The molecule has 0 atom stereocenters. The number of hydrogen-bond acceptors (Lipinski definition) is 4. The van der Waals surface area contributed by atoms with Crippen molar-refractivity contribution in [2.24, 2.45) is 0 Å². The number of fused-ring (bicyclic) bond motifs is 10. The van der Waals surface area contributed by atoms with Gasteiger partial charge < -0.3 is 0 Å². The average Bonchev–Trinajstić information content (AvgIpc) is 3.57. The van der Waals surface area contributed by atoms with Crippen molar-refractivity contribution in [2.45, 2.75) is 0 Å². The Morgan fingerprint density at radius 1 is 0.550 bits per heavy atom. The van der Waals surface area contributed by atoms with Gasteiger partial charge in [0.25, 0.3) is 0 Å². The molecule has 5 heteroatoms. The molecule has 9 rings (SSSR count). The molecule has 0 aliphatic carbocycles. The number of aromatic nitrogens is 4. The average molecular weight is 529 g/mol. The Labute approximate surface area is 232 Å². The van der Waals surface area contributed by atoms with Gasteiger partial charge in [0.15, 0.2) is 0 Å². The van der Waals surface area contributed by atoms with Crippen molar-refractivity contribution in [3.8, 4) is 17.2 Å². The number of pyridine rings is 1. The fraction of sp³-hybridized carbons (Fsp3) is 0. The number of benzene rings is 5. The van der Waals surface area contributed by atoms with E-state index in [0.29, 0.717) is 5.95 Å². The van der Waals surface area contributed by atoms with Gasteiger partial charge in [-0.2, -0.15) is 0 Å². The van der Waals surface area contributed by atoms with Gasteiger partial charge in [0, 0.05) is 44.2 Å². The first kappa shape index (κ1) is 21.8. The van der Waals surface area contributed by atoms with Crippen molar-refractivity contribution in [1.29, 1.82) is 0 Å². The number of rotatable bonds is 2. The van der Waals surface area contributed by atoms with E-state index in [-0.39, 0.29) is 0 Å². The Morgan fingerprint density at radius 2 is 1.20 bits per heavy atom. The topological polar surface area (TPSA) is 43.6 Å². The van der Waals surface area contributed by atoms with Crippen LogP contribution in [0.3, 0.4) is 0 Å². The van der Waals surface area contributed by atoms with Crippen molar-refractivity contribution in [1.82, 2.24) is 19.5 Å². The van der Waals surface area contributed by atoms with E-state index in [4.69, 9.17) is 9.97 Å². The molecule has 0 N–H and O–H groups in total. The van der Waals surface area contributed by atoms with Gasteiger partial charge in [0.2, 0.25) is 5.95 Å². The molecular weight excluding hydrogens is 508 g/mol. The molecule has 0 saturated heterocycles. The van der Waals surface area contributed by atoms with E-state index < -0.39 is 0 Å². The second-order valence-electron chi connectivity index (χ2n) is 10.1.